The molecule has 0 unspecified atom stereocenters. The molecule has 0 spiro atoms. The van der Waals surface area contributed by atoms with Gasteiger partial charge in [-0.05, 0) is 25.6 Å². The molecule has 0 amide bonds. The minimum absolute atomic E-state index is 0.399. The average molecular weight is 230 g/mol. The van der Waals surface area contributed by atoms with Crippen molar-refractivity contribution in [2.75, 3.05) is 44.8 Å². The minimum atomic E-state index is 0.399. The maximum absolute atomic E-state index is 5.73. The third-order valence-electron chi connectivity index (χ3n) is 3.14. The summed E-state index contributed by atoms with van der Waals surface area (Å²) in [6.07, 6.45) is 3.11. The van der Waals surface area contributed by atoms with Gasteiger partial charge in [0.2, 0.25) is 0 Å². The van der Waals surface area contributed by atoms with Crippen molar-refractivity contribution in [3.63, 3.8) is 0 Å². The lowest BCUT2D eigenvalue weighted by Crippen LogP contribution is -2.47. The van der Waals surface area contributed by atoms with Crippen LogP contribution in [0.5, 0.6) is 0 Å². The summed E-state index contributed by atoms with van der Waals surface area (Å²) in [5, 5.41) is 3.64. The number of morpholine rings is 1. The van der Waals surface area contributed by atoms with Gasteiger partial charge in [0.25, 0.3) is 0 Å². The zero-order valence-corrected chi connectivity index (χ0v) is 10.4. The molecule has 88 valence electrons. The fourth-order valence-electron chi connectivity index (χ4n) is 2.19. The average Bonchev–Trinajstić information content (AvgIpc) is 2.28. The van der Waals surface area contributed by atoms with E-state index in [9.17, 15) is 0 Å². The molecule has 2 aliphatic heterocycles. The fraction of sp³-hybridized carbons (Fsp3) is 1.00. The van der Waals surface area contributed by atoms with E-state index in [1.807, 2.05) is 0 Å². The summed E-state index contributed by atoms with van der Waals surface area (Å²) in [7, 11) is 2.17. The van der Waals surface area contributed by atoms with Crippen LogP contribution < -0.4 is 5.32 Å². The highest BCUT2D eigenvalue weighted by Gasteiger charge is 2.19. The topological polar surface area (TPSA) is 24.5 Å². The van der Waals surface area contributed by atoms with E-state index in [1.54, 1.807) is 0 Å². The van der Waals surface area contributed by atoms with Crippen molar-refractivity contribution in [1.29, 1.82) is 0 Å². The first-order chi connectivity index (χ1) is 7.34. The van der Waals surface area contributed by atoms with Gasteiger partial charge < -0.3 is 15.0 Å². The number of hydrogen-bond donors (Lipinski definition) is 1. The molecule has 0 aromatic heterocycles. The Morgan fingerprint density at radius 1 is 1.53 bits per heavy atom. The van der Waals surface area contributed by atoms with Gasteiger partial charge in [0.05, 0.1) is 12.7 Å². The molecule has 4 heteroatoms. The van der Waals surface area contributed by atoms with Gasteiger partial charge in [-0.2, -0.15) is 11.8 Å². The minimum Gasteiger partial charge on any atom is -0.374 e. The van der Waals surface area contributed by atoms with Gasteiger partial charge >= 0.3 is 0 Å². The van der Waals surface area contributed by atoms with E-state index in [0.29, 0.717) is 6.10 Å². The van der Waals surface area contributed by atoms with Crippen LogP contribution in [0.3, 0.4) is 0 Å². The largest absolute Gasteiger partial charge is 0.374 e. The summed E-state index contributed by atoms with van der Waals surface area (Å²) in [6, 6.07) is 0.722. The lowest BCUT2D eigenvalue weighted by molar-refractivity contribution is -0.0191. The van der Waals surface area contributed by atoms with Crippen molar-refractivity contribution in [2.45, 2.75) is 25.0 Å². The number of thioether (sulfide) groups is 1. The van der Waals surface area contributed by atoms with Crippen LogP contribution in [0.25, 0.3) is 0 Å². The third kappa shape index (κ3) is 3.94. The lowest BCUT2D eigenvalue weighted by Gasteiger charge is -2.32. The maximum Gasteiger partial charge on any atom is 0.0826 e. The van der Waals surface area contributed by atoms with Crippen molar-refractivity contribution < 1.29 is 4.74 Å². The quantitative estimate of drug-likeness (QED) is 0.775. The molecule has 2 atom stereocenters. The summed E-state index contributed by atoms with van der Waals surface area (Å²) in [4.78, 5) is 2.35. The van der Waals surface area contributed by atoms with Gasteiger partial charge in [-0.25, -0.2) is 0 Å². The van der Waals surface area contributed by atoms with E-state index in [0.717, 1.165) is 32.3 Å². The van der Waals surface area contributed by atoms with Gasteiger partial charge in [-0.15, -0.1) is 0 Å². The molecule has 0 aromatic carbocycles. The molecule has 0 bridgehead atoms. The van der Waals surface area contributed by atoms with E-state index < -0.39 is 0 Å². The normalized spacial score (nSPS) is 34.2. The summed E-state index contributed by atoms with van der Waals surface area (Å²) in [5.74, 6) is 2.63. The van der Waals surface area contributed by atoms with Crippen molar-refractivity contribution >= 4 is 11.8 Å². The highest BCUT2D eigenvalue weighted by atomic mass is 32.2. The van der Waals surface area contributed by atoms with Crippen molar-refractivity contribution in [1.82, 2.24) is 10.2 Å². The Morgan fingerprint density at radius 3 is 3.20 bits per heavy atom. The summed E-state index contributed by atoms with van der Waals surface area (Å²) >= 11 is 2.08. The van der Waals surface area contributed by atoms with Crippen LogP contribution in [-0.2, 0) is 4.74 Å². The van der Waals surface area contributed by atoms with Crippen LogP contribution in [-0.4, -0.2) is 61.8 Å². The van der Waals surface area contributed by atoms with Crippen LogP contribution in [0, 0.1) is 0 Å². The maximum atomic E-state index is 5.73. The Hall–Kier alpha value is 0.230. The summed E-state index contributed by atoms with van der Waals surface area (Å²) in [5.41, 5.74) is 0. The first-order valence-corrected chi connectivity index (χ1v) is 7.11. The molecular weight excluding hydrogens is 208 g/mol. The number of ether oxygens (including phenoxy) is 1. The molecule has 2 saturated heterocycles. The van der Waals surface area contributed by atoms with E-state index in [1.165, 1.54) is 24.3 Å². The SMILES string of the molecule is CN1CCO[C@@H](CN[C@H]2CCCSC2)C1. The summed E-state index contributed by atoms with van der Waals surface area (Å²) in [6.45, 7) is 4.07. The Morgan fingerprint density at radius 2 is 2.47 bits per heavy atom. The molecule has 0 aromatic rings. The first-order valence-electron chi connectivity index (χ1n) is 5.96. The van der Waals surface area contributed by atoms with Crippen molar-refractivity contribution in [2.24, 2.45) is 0 Å². The molecule has 2 fully saturated rings. The highest BCUT2D eigenvalue weighted by molar-refractivity contribution is 7.99. The van der Waals surface area contributed by atoms with Crippen molar-refractivity contribution in [3.8, 4) is 0 Å². The van der Waals surface area contributed by atoms with Gasteiger partial charge in [-0.3, -0.25) is 0 Å². The van der Waals surface area contributed by atoms with Gasteiger partial charge in [-0.1, -0.05) is 0 Å². The molecule has 2 rings (SSSR count). The molecule has 2 heterocycles. The predicted molar refractivity (Wildman–Crippen MR) is 65.6 cm³/mol. The monoisotopic (exact) mass is 230 g/mol. The second kappa shape index (κ2) is 6.09. The number of hydrogen-bond acceptors (Lipinski definition) is 4. The van der Waals surface area contributed by atoms with Crippen molar-refractivity contribution in [3.05, 3.63) is 0 Å². The Balaban J connectivity index is 1.63. The number of nitrogens with one attached hydrogen (secondary N) is 1. The first kappa shape index (κ1) is 11.7. The number of nitrogens with zero attached hydrogens (tertiary/aromatic N) is 1. The van der Waals surface area contributed by atoms with Crippen LogP contribution >= 0.6 is 11.8 Å². The van der Waals surface area contributed by atoms with E-state index in [2.05, 4.69) is 29.0 Å². The number of rotatable bonds is 3. The van der Waals surface area contributed by atoms with Gasteiger partial charge in [0.1, 0.15) is 0 Å². The van der Waals surface area contributed by atoms with Crippen LogP contribution in [0.1, 0.15) is 12.8 Å². The fourth-order valence-corrected chi connectivity index (χ4v) is 3.30. The van der Waals surface area contributed by atoms with Gasteiger partial charge in [0.15, 0.2) is 0 Å². The van der Waals surface area contributed by atoms with Gasteiger partial charge in [0, 0.05) is 31.4 Å². The van der Waals surface area contributed by atoms with Crippen LogP contribution in [0.2, 0.25) is 0 Å². The predicted octanol–water partition coefficient (Wildman–Crippen LogP) is 0.802. The molecule has 15 heavy (non-hydrogen) atoms. The standard InChI is InChI=1S/C11H22N2OS/c1-13-4-5-14-11(8-13)7-12-10-3-2-6-15-9-10/h10-12H,2-9H2,1H3/t10-,11-/m0/s1. The van der Waals surface area contributed by atoms with E-state index in [-0.39, 0.29) is 0 Å². The molecule has 0 radical (unpaired) electrons. The lowest BCUT2D eigenvalue weighted by atomic mass is 10.1. The Kier molecular flexibility index (Phi) is 4.75. The van der Waals surface area contributed by atoms with Crippen LogP contribution in [0.4, 0.5) is 0 Å². The molecule has 1 N–H and O–H groups in total. The molecule has 0 aliphatic carbocycles. The smallest absolute Gasteiger partial charge is 0.0826 e. The Bertz CT molecular complexity index is 185. The highest BCUT2D eigenvalue weighted by Crippen LogP contribution is 2.17. The molecule has 0 saturated carbocycles. The molecule has 2 aliphatic rings. The second-order valence-electron chi connectivity index (χ2n) is 4.58. The second-order valence-corrected chi connectivity index (χ2v) is 5.73. The third-order valence-corrected chi connectivity index (χ3v) is 4.35. The van der Waals surface area contributed by atoms with Crippen LogP contribution in [0.15, 0.2) is 0 Å². The number of likely N-dealkylation sites (N-methyl/N-ethyl adjacent to an activating group) is 1. The molecular formula is C11H22N2OS. The Labute approximate surface area is 96.9 Å². The molecule has 3 nitrogen and oxygen atoms in total. The zero-order valence-electron chi connectivity index (χ0n) is 9.58. The van der Waals surface area contributed by atoms with E-state index in [4.69, 9.17) is 4.74 Å². The summed E-state index contributed by atoms with van der Waals surface area (Å²) < 4.78 is 5.73. The van der Waals surface area contributed by atoms with E-state index >= 15 is 0 Å². The zero-order chi connectivity index (χ0) is 10.5.